The van der Waals surface area contributed by atoms with E-state index >= 15 is 0 Å². The van der Waals surface area contributed by atoms with Crippen LogP contribution in [0.3, 0.4) is 0 Å². The molecule has 1 amide bonds. The summed E-state index contributed by atoms with van der Waals surface area (Å²) in [6, 6.07) is 16.5. The van der Waals surface area contributed by atoms with Crippen LogP contribution in [0.2, 0.25) is 0 Å². The molecule has 2 aromatic carbocycles. The first-order valence-corrected chi connectivity index (χ1v) is 10.3. The molecule has 0 saturated heterocycles. The number of hydrogen-bond acceptors (Lipinski definition) is 4. The van der Waals surface area contributed by atoms with Gasteiger partial charge in [0.25, 0.3) is 5.91 Å². The monoisotopic (exact) mass is 540 g/mol. The molecule has 8 heteroatoms. The number of carbonyl (C=O) groups excluding carboxylic acids is 1. The summed E-state index contributed by atoms with van der Waals surface area (Å²) in [5.41, 5.74) is 1.41. The summed E-state index contributed by atoms with van der Waals surface area (Å²) in [5, 5.41) is 19.6. The molecule has 170 valence electrons. The van der Waals surface area contributed by atoms with Crippen molar-refractivity contribution in [2.75, 3.05) is 26.2 Å². The van der Waals surface area contributed by atoms with E-state index in [9.17, 15) is 9.90 Å². The van der Waals surface area contributed by atoms with E-state index in [1.807, 2.05) is 63.2 Å². The van der Waals surface area contributed by atoms with Gasteiger partial charge >= 0.3 is 0 Å². The van der Waals surface area contributed by atoms with Crippen LogP contribution in [0.5, 0.6) is 5.75 Å². The molecular weight excluding hydrogens is 507 g/mol. The van der Waals surface area contributed by atoms with Gasteiger partial charge < -0.3 is 25.8 Å². The highest BCUT2D eigenvalue weighted by Crippen LogP contribution is 2.19. The normalized spacial score (nSPS) is 12.0. The fourth-order valence-corrected chi connectivity index (χ4v) is 2.71. The maximum atomic E-state index is 12.0. The van der Waals surface area contributed by atoms with Crippen molar-refractivity contribution in [3.05, 3.63) is 65.7 Å². The lowest BCUT2D eigenvalue weighted by Crippen LogP contribution is -2.41. The first kappa shape index (κ1) is 26.7. The van der Waals surface area contributed by atoms with E-state index in [-0.39, 0.29) is 42.5 Å². The predicted molar refractivity (Wildman–Crippen MR) is 135 cm³/mol. The van der Waals surface area contributed by atoms with Gasteiger partial charge in [-0.15, -0.1) is 24.0 Å². The van der Waals surface area contributed by atoms with Crippen molar-refractivity contribution in [3.8, 4) is 5.75 Å². The number of aliphatic hydroxyl groups is 1. The minimum atomic E-state index is -0.716. The lowest BCUT2D eigenvalue weighted by atomic mass is 10.1. The van der Waals surface area contributed by atoms with Crippen molar-refractivity contribution in [2.24, 2.45) is 4.99 Å². The van der Waals surface area contributed by atoms with Crippen molar-refractivity contribution >= 4 is 35.8 Å². The smallest absolute Gasteiger partial charge is 0.251 e. The Balaban J connectivity index is 0.00000480. The van der Waals surface area contributed by atoms with Crippen molar-refractivity contribution in [2.45, 2.75) is 33.0 Å². The van der Waals surface area contributed by atoms with Gasteiger partial charge in [0.05, 0.1) is 18.8 Å². The molecule has 0 aliphatic carbocycles. The first-order valence-electron chi connectivity index (χ1n) is 10.3. The Morgan fingerprint density at radius 3 is 2.26 bits per heavy atom. The maximum absolute atomic E-state index is 12.0. The third kappa shape index (κ3) is 10.0. The van der Waals surface area contributed by atoms with Gasteiger partial charge in [-0.3, -0.25) is 9.79 Å². The number of carbonyl (C=O) groups is 1. The number of nitrogens with one attached hydrogen (secondary N) is 3. The SMILES string of the molecule is CCNC(=NCC(O)c1ccc(OC(C)C)cc1)NCCNC(=O)c1ccccc1.I. The van der Waals surface area contributed by atoms with Gasteiger partial charge in [-0.05, 0) is 50.6 Å². The Hall–Kier alpha value is -2.33. The molecule has 1 unspecified atom stereocenters. The van der Waals surface area contributed by atoms with Crippen LogP contribution < -0.4 is 20.7 Å². The van der Waals surface area contributed by atoms with Crippen LogP contribution in [0.15, 0.2) is 59.6 Å². The number of aliphatic imine (C=N–C) groups is 1. The van der Waals surface area contributed by atoms with E-state index in [1.165, 1.54) is 0 Å². The van der Waals surface area contributed by atoms with Gasteiger partial charge in [-0.2, -0.15) is 0 Å². The lowest BCUT2D eigenvalue weighted by molar-refractivity contribution is 0.0954. The Bertz CT molecular complexity index is 798. The number of halogens is 1. The maximum Gasteiger partial charge on any atom is 0.251 e. The van der Waals surface area contributed by atoms with Gasteiger partial charge in [0.15, 0.2) is 5.96 Å². The Labute approximate surface area is 201 Å². The molecule has 0 aliphatic rings. The summed E-state index contributed by atoms with van der Waals surface area (Å²) in [5.74, 6) is 1.25. The van der Waals surface area contributed by atoms with E-state index in [0.29, 0.717) is 31.2 Å². The van der Waals surface area contributed by atoms with Gasteiger partial charge in [0.2, 0.25) is 0 Å². The molecule has 4 N–H and O–H groups in total. The average molecular weight is 540 g/mol. The number of guanidine groups is 1. The van der Waals surface area contributed by atoms with E-state index < -0.39 is 6.10 Å². The molecule has 1 atom stereocenters. The first-order chi connectivity index (χ1) is 14.5. The van der Waals surface area contributed by atoms with Crippen LogP contribution >= 0.6 is 24.0 Å². The van der Waals surface area contributed by atoms with Gasteiger partial charge in [-0.1, -0.05) is 30.3 Å². The molecule has 0 spiro atoms. The van der Waals surface area contributed by atoms with E-state index in [0.717, 1.165) is 11.3 Å². The second-order valence-corrected chi connectivity index (χ2v) is 7.02. The molecule has 0 bridgehead atoms. The highest BCUT2D eigenvalue weighted by molar-refractivity contribution is 14.0. The Morgan fingerprint density at radius 1 is 1.00 bits per heavy atom. The molecule has 0 saturated carbocycles. The lowest BCUT2D eigenvalue weighted by Gasteiger charge is -2.14. The number of ether oxygens (including phenoxy) is 1. The predicted octanol–water partition coefficient (Wildman–Crippen LogP) is 3.11. The van der Waals surface area contributed by atoms with Gasteiger partial charge in [0, 0.05) is 25.2 Å². The quantitative estimate of drug-likeness (QED) is 0.161. The van der Waals surface area contributed by atoms with Crippen LogP contribution in [0, 0.1) is 0 Å². The summed E-state index contributed by atoms with van der Waals surface area (Å²) in [6.45, 7) is 7.80. The van der Waals surface area contributed by atoms with Crippen LogP contribution in [-0.2, 0) is 0 Å². The molecule has 2 aromatic rings. The zero-order chi connectivity index (χ0) is 21.8. The summed E-state index contributed by atoms with van der Waals surface area (Å²) < 4.78 is 5.62. The second-order valence-electron chi connectivity index (χ2n) is 7.02. The zero-order valence-electron chi connectivity index (χ0n) is 18.3. The van der Waals surface area contributed by atoms with Crippen LogP contribution in [0.1, 0.15) is 42.8 Å². The minimum Gasteiger partial charge on any atom is -0.491 e. The number of benzene rings is 2. The van der Waals surface area contributed by atoms with E-state index in [1.54, 1.807) is 12.1 Å². The van der Waals surface area contributed by atoms with Gasteiger partial charge in [0.1, 0.15) is 5.75 Å². The molecule has 0 radical (unpaired) electrons. The summed E-state index contributed by atoms with van der Waals surface area (Å²) >= 11 is 0. The highest BCUT2D eigenvalue weighted by Gasteiger charge is 2.09. The van der Waals surface area contributed by atoms with Crippen molar-refractivity contribution < 1.29 is 14.6 Å². The van der Waals surface area contributed by atoms with Crippen LogP contribution in [-0.4, -0.2) is 49.3 Å². The Kier molecular flexibility index (Phi) is 12.6. The van der Waals surface area contributed by atoms with Crippen LogP contribution in [0.4, 0.5) is 0 Å². The topological polar surface area (TPSA) is 95.0 Å². The zero-order valence-corrected chi connectivity index (χ0v) is 20.6. The largest absolute Gasteiger partial charge is 0.491 e. The second kappa shape index (κ2) is 14.6. The molecule has 2 rings (SSSR count). The van der Waals surface area contributed by atoms with Crippen molar-refractivity contribution in [1.29, 1.82) is 0 Å². The third-order valence-corrected chi connectivity index (χ3v) is 4.14. The number of hydrogen-bond donors (Lipinski definition) is 4. The van der Waals surface area contributed by atoms with Gasteiger partial charge in [-0.25, -0.2) is 0 Å². The third-order valence-electron chi connectivity index (χ3n) is 4.14. The highest BCUT2D eigenvalue weighted by atomic mass is 127. The summed E-state index contributed by atoms with van der Waals surface area (Å²) in [6.07, 6.45) is -0.608. The number of aliphatic hydroxyl groups excluding tert-OH is 1. The number of nitrogens with zero attached hydrogens (tertiary/aromatic N) is 1. The van der Waals surface area contributed by atoms with E-state index in [2.05, 4.69) is 20.9 Å². The number of rotatable bonds is 10. The summed E-state index contributed by atoms with van der Waals surface area (Å²) in [4.78, 5) is 16.5. The van der Waals surface area contributed by atoms with Crippen molar-refractivity contribution in [1.82, 2.24) is 16.0 Å². The number of amides is 1. The van der Waals surface area contributed by atoms with Crippen molar-refractivity contribution in [3.63, 3.8) is 0 Å². The molecule has 0 fully saturated rings. The van der Waals surface area contributed by atoms with Crippen LogP contribution in [0.25, 0.3) is 0 Å². The fourth-order valence-electron chi connectivity index (χ4n) is 2.71. The molecule has 7 nitrogen and oxygen atoms in total. The van der Waals surface area contributed by atoms with E-state index in [4.69, 9.17) is 4.74 Å². The molecule has 0 heterocycles. The fraction of sp³-hybridized carbons (Fsp3) is 0.391. The summed E-state index contributed by atoms with van der Waals surface area (Å²) in [7, 11) is 0. The average Bonchev–Trinajstić information content (AvgIpc) is 2.75. The Morgan fingerprint density at radius 2 is 1.65 bits per heavy atom. The molecule has 0 aromatic heterocycles. The standard InChI is InChI=1S/C23H32N4O3.HI/c1-4-24-23(26-15-14-25-22(29)19-8-6-5-7-9-19)27-16-21(28)18-10-12-20(13-11-18)30-17(2)3;/h5-13,17,21,28H,4,14-16H2,1-3H3,(H,25,29)(H2,24,26,27);1H. The molecular formula is C23H33IN4O3. The molecule has 31 heavy (non-hydrogen) atoms. The molecule has 0 aliphatic heterocycles. The minimum absolute atomic E-state index is 0.